The van der Waals surface area contributed by atoms with Crippen LogP contribution in [0.15, 0.2) is 31.0 Å². The highest BCUT2D eigenvalue weighted by molar-refractivity contribution is 7.87. The second kappa shape index (κ2) is 6.74. The molecule has 1 N–H and O–H groups in total. The van der Waals surface area contributed by atoms with Gasteiger partial charge in [-0.1, -0.05) is 19.9 Å². The summed E-state index contributed by atoms with van der Waals surface area (Å²) in [5, 5.41) is 4.01. The molecule has 2 rings (SSSR count). The highest BCUT2D eigenvalue weighted by atomic mass is 32.2. The Balaban J connectivity index is 2.18. The molecule has 0 aliphatic rings. The topological polar surface area (TPSA) is 93.0 Å². The molecule has 0 amide bonds. The summed E-state index contributed by atoms with van der Waals surface area (Å²) in [5.41, 5.74) is 0.721. The van der Waals surface area contributed by atoms with Crippen molar-refractivity contribution in [2.24, 2.45) is 0 Å². The van der Waals surface area contributed by atoms with Crippen LogP contribution in [-0.4, -0.2) is 45.6 Å². The van der Waals surface area contributed by atoms with Crippen LogP contribution in [0.5, 0.6) is 0 Å². The maximum absolute atomic E-state index is 12.1. The van der Waals surface area contributed by atoms with E-state index in [1.54, 1.807) is 32.2 Å². The van der Waals surface area contributed by atoms with Gasteiger partial charge in [0.15, 0.2) is 5.82 Å². The maximum atomic E-state index is 12.1. The summed E-state index contributed by atoms with van der Waals surface area (Å²) in [7, 11) is -3.50. The molecule has 0 fully saturated rings. The van der Waals surface area contributed by atoms with Gasteiger partial charge in [0.05, 0.1) is 0 Å². The summed E-state index contributed by atoms with van der Waals surface area (Å²) >= 11 is 0. The standard InChI is InChI=1S/C12H18N6O2S/c1-3-17(4-2)21(19,20)16-8-11-6-5-7-14-12(11)18-10-13-9-15-18/h5-7,9-10,16H,3-4,8H2,1-2H3. The molecule has 0 bridgehead atoms. The van der Waals surface area contributed by atoms with Gasteiger partial charge in [0.25, 0.3) is 10.2 Å². The summed E-state index contributed by atoms with van der Waals surface area (Å²) in [6.07, 6.45) is 4.54. The van der Waals surface area contributed by atoms with Gasteiger partial charge in [-0.15, -0.1) is 0 Å². The molecule has 114 valence electrons. The molecule has 0 aliphatic heterocycles. The molecule has 0 aromatic carbocycles. The summed E-state index contributed by atoms with van der Waals surface area (Å²) in [4.78, 5) is 8.09. The molecular formula is C12H18N6O2S. The number of hydrogen-bond acceptors (Lipinski definition) is 5. The molecule has 21 heavy (non-hydrogen) atoms. The van der Waals surface area contributed by atoms with E-state index in [1.165, 1.54) is 21.6 Å². The van der Waals surface area contributed by atoms with E-state index in [0.717, 1.165) is 5.56 Å². The Bertz CT molecular complexity index is 667. The first-order valence-electron chi connectivity index (χ1n) is 6.62. The molecule has 0 saturated carbocycles. The first-order chi connectivity index (χ1) is 10.1. The van der Waals surface area contributed by atoms with Gasteiger partial charge >= 0.3 is 0 Å². The Morgan fingerprint density at radius 2 is 2.10 bits per heavy atom. The number of aromatic nitrogens is 4. The average molecular weight is 310 g/mol. The molecule has 9 heteroatoms. The van der Waals surface area contributed by atoms with Crippen LogP contribution in [0.4, 0.5) is 0 Å². The first-order valence-corrected chi connectivity index (χ1v) is 8.06. The van der Waals surface area contributed by atoms with Crippen molar-refractivity contribution in [3.8, 4) is 5.82 Å². The van der Waals surface area contributed by atoms with E-state index in [2.05, 4.69) is 19.8 Å². The lowest BCUT2D eigenvalue weighted by Gasteiger charge is -2.19. The molecule has 2 heterocycles. The molecule has 0 atom stereocenters. The van der Waals surface area contributed by atoms with Crippen LogP contribution in [0.25, 0.3) is 5.82 Å². The van der Waals surface area contributed by atoms with Crippen LogP contribution in [0.2, 0.25) is 0 Å². The van der Waals surface area contributed by atoms with E-state index in [-0.39, 0.29) is 6.54 Å². The van der Waals surface area contributed by atoms with Crippen molar-refractivity contribution in [2.75, 3.05) is 13.1 Å². The van der Waals surface area contributed by atoms with E-state index >= 15 is 0 Å². The van der Waals surface area contributed by atoms with Crippen molar-refractivity contribution < 1.29 is 8.42 Å². The van der Waals surface area contributed by atoms with Crippen LogP contribution in [0.3, 0.4) is 0 Å². The third-order valence-electron chi connectivity index (χ3n) is 2.99. The highest BCUT2D eigenvalue weighted by Crippen LogP contribution is 2.10. The van der Waals surface area contributed by atoms with Crippen LogP contribution in [0.1, 0.15) is 19.4 Å². The zero-order valence-electron chi connectivity index (χ0n) is 12.0. The van der Waals surface area contributed by atoms with Gasteiger partial charge in [-0.2, -0.15) is 22.5 Å². The van der Waals surface area contributed by atoms with Crippen LogP contribution in [0, 0.1) is 0 Å². The summed E-state index contributed by atoms with van der Waals surface area (Å²) < 4.78 is 29.7. The fraction of sp³-hybridized carbons (Fsp3) is 0.417. The van der Waals surface area contributed by atoms with Gasteiger partial charge < -0.3 is 0 Å². The van der Waals surface area contributed by atoms with Crippen molar-refractivity contribution in [1.82, 2.24) is 28.8 Å². The fourth-order valence-corrected chi connectivity index (χ4v) is 3.12. The zero-order valence-corrected chi connectivity index (χ0v) is 12.8. The van der Waals surface area contributed by atoms with E-state index in [9.17, 15) is 8.42 Å². The zero-order chi connectivity index (χ0) is 15.3. The van der Waals surface area contributed by atoms with Gasteiger partial charge in [0, 0.05) is 31.4 Å². The third kappa shape index (κ3) is 3.63. The molecule has 8 nitrogen and oxygen atoms in total. The van der Waals surface area contributed by atoms with Crippen molar-refractivity contribution >= 4 is 10.2 Å². The number of pyridine rings is 1. The minimum absolute atomic E-state index is 0.141. The Morgan fingerprint density at radius 1 is 1.33 bits per heavy atom. The van der Waals surface area contributed by atoms with Gasteiger partial charge in [-0.3, -0.25) is 0 Å². The van der Waals surface area contributed by atoms with Crippen LogP contribution < -0.4 is 4.72 Å². The Labute approximate surface area is 124 Å². The van der Waals surface area contributed by atoms with Crippen LogP contribution in [-0.2, 0) is 16.8 Å². The Kier molecular flexibility index (Phi) is 4.99. The van der Waals surface area contributed by atoms with E-state index in [1.807, 2.05) is 0 Å². The average Bonchev–Trinajstić information content (AvgIpc) is 3.00. The molecule has 0 saturated heterocycles. The fourth-order valence-electron chi connectivity index (χ4n) is 1.92. The monoisotopic (exact) mass is 310 g/mol. The summed E-state index contributed by atoms with van der Waals surface area (Å²) in [6.45, 7) is 4.59. The third-order valence-corrected chi connectivity index (χ3v) is 4.70. The van der Waals surface area contributed by atoms with E-state index < -0.39 is 10.2 Å². The largest absolute Gasteiger partial charge is 0.279 e. The second-order valence-corrected chi connectivity index (χ2v) is 5.99. The van der Waals surface area contributed by atoms with Crippen molar-refractivity contribution in [3.05, 3.63) is 36.5 Å². The lowest BCUT2D eigenvalue weighted by molar-refractivity contribution is 0.434. The predicted molar refractivity (Wildman–Crippen MR) is 77.8 cm³/mol. The molecule has 0 radical (unpaired) electrons. The molecular weight excluding hydrogens is 292 g/mol. The molecule has 0 unspecified atom stereocenters. The number of nitrogens with one attached hydrogen (secondary N) is 1. The van der Waals surface area contributed by atoms with E-state index in [0.29, 0.717) is 18.9 Å². The Hall–Kier alpha value is -1.84. The highest BCUT2D eigenvalue weighted by Gasteiger charge is 2.18. The van der Waals surface area contributed by atoms with Crippen molar-refractivity contribution in [1.29, 1.82) is 0 Å². The molecule has 2 aromatic rings. The lowest BCUT2D eigenvalue weighted by atomic mass is 10.2. The number of rotatable bonds is 7. The van der Waals surface area contributed by atoms with Crippen molar-refractivity contribution in [3.63, 3.8) is 0 Å². The predicted octanol–water partition coefficient (Wildman–Crippen LogP) is 0.338. The van der Waals surface area contributed by atoms with Crippen molar-refractivity contribution in [2.45, 2.75) is 20.4 Å². The van der Waals surface area contributed by atoms with Gasteiger partial charge in [-0.05, 0) is 6.07 Å². The minimum Gasteiger partial charge on any atom is -0.237 e. The van der Waals surface area contributed by atoms with Gasteiger partial charge in [-0.25, -0.2) is 14.6 Å². The number of nitrogens with zero attached hydrogens (tertiary/aromatic N) is 5. The maximum Gasteiger partial charge on any atom is 0.279 e. The summed E-state index contributed by atoms with van der Waals surface area (Å²) in [6, 6.07) is 3.55. The van der Waals surface area contributed by atoms with Crippen LogP contribution >= 0.6 is 0 Å². The quantitative estimate of drug-likeness (QED) is 0.796. The van der Waals surface area contributed by atoms with Gasteiger partial charge in [0.2, 0.25) is 0 Å². The SMILES string of the molecule is CCN(CC)S(=O)(=O)NCc1cccnc1-n1cncn1. The smallest absolute Gasteiger partial charge is 0.237 e. The minimum atomic E-state index is -3.50. The van der Waals surface area contributed by atoms with E-state index in [4.69, 9.17) is 0 Å². The second-order valence-electron chi connectivity index (χ2n) is 4.24. The molecule has 2 aromatic heterocycles. The van der Waals surface area contributed by atoms with Gasteiger partial charge in [0.1, 0.15) is 12.7 Å². The molecule has 0 spiro atoms. The lowest BCUT2D eigenvalue weighted by Crippen LogP contribution is -2.40. The molecule has 0 aliphatic carbocycles. The first kappa shape index (κ1) is 15.5. The number of hydrogen-bond donors (Lipinski definition) is 1. The summed E-state index contributed by atoms with van der Waals surface area (Å²) in [5.74, 6) is 0.553. The normalized spacial score (nSPS) is 12.0. The Morgan fingerprint density at radius 3 is 2.71 bits per heavy atom.